The molecule has 1 heterocycles. The lowest BCUT2D eigenvalue weighted by Gasteiger charge is -2.34. The molecule has 0 spiro atoms. The molecule has 30 heavy (non-hydrogen) atoms. The van der Waals surface area contributed by atoms with Crippen molar-refractivity contribution in [1.29, 1.82) is 0 Å². The van der Waals surface area contributed by atoms with Gasteiger partial charge in [0.15, 0.2) is 0 Å². The number of thioether (sulfide) groups is 1. The van der Waals surface area contributed by atoms with Crippen LogP contribution in [0.3, 0.4) is 0 Å². The van der Waals surface area contributed by atoms with E-state index in [1.165, 1.54) is 12.2 Å². The molecule has 2 unspecified atom stereocenters. The highest BCUT2D eigenvalue weighted by Crippen LogP contribution is 2.37. The highest BCUT2D eigenvalue weighted by molar-refractivity contribution is 7.99. The Bertz CT molecular complexity index is 743. The fourth-order valence-electron chi connectivity index (χ4n) is 4.21. The van der Waals surface area contributed by atoms with Crippen LogP contribution in [-0.2, 0) is 14.4 Å². The minimum Gasteiger partial charge on any atom is -0.453 e. The highest BCUT2D eigenvalue weighted by atomic mass is 35.5. The molecule has 3 rings (SSSR count). The topological polar surface area (TPSA) is 65.0 Å². The van der Waals surface area contributed by atoms with Crippen LogP contribution in [0.5, 0.6) is 5.75 Å². The van der Waals surface area contributed by atoms with Crippen LogP contribution in [0.25, 0.3) is 0 Å². The Hall–Kier alpha value is -1.53. The van der Waals surface area contributed by atoms with E-state index in [0.29, 0.717) is 41.7 Å². The Morgan fingerprint density at radius 2 is 1.90 bits per heavy atom. The normalized spacial score (nSPS) is 26.4. The van der Waals surface area contributed by atoms with E-state index in [4.69, 9.17) is 21.2 Å². The number of rotatable bonds is 8. The number of carbonyl (C=O) groups is 2. The summed E-state index contributed by atoms with van der Waals surface area (Å²) in [6.07, 6.45) is 3.94. The van der Waals surface area contributed by atoms with Gasteiger partial charge in [-0.25, -0.2) is 0 Å². The molecular formula is C23H30ClNO4S. The third kappa shape index (κ3) is 6.24. The fraction of sp³-hybridized carbons (Fsp3) is 0.609. The quantitative estimate of drug-likeness (QED) is 0.224. The van der Waals surface area contributed by atoms with E-state index >= 15 is 0 Å². The van der Waals surface area contributed by atoms with Crippen LogP contribution < -0.4 is 4.74 Å². The van der Waals surface area contributed by atoms with Gasteiger partial charge in [-0.05, 0) is 66.9 Å². The van der Waals surface area contributed by atoms with Gasteiger partial charge >= 0.3 is 0 Å². The molecule has 1 aromatic rings. The third-order valence-corrected chi connectivity index (χ3v) is 7.20. The largest absolute Gasteiger partial charge is 0.453 e. The standard InChI is InChI=1S/C23H30ClNO4S/c1-3-5-20(25-29-15(2)28-19-9-7-18(24)8-10-19)23-21(26)12-17(13-22(23)27)16-6-4-11-30-14-16/h7-10,15-17,23H,3-6,11-14H2,1-2H3. The molecule has 1 aromatic carbocycles. The van der Waals surface area contributed by atoms with E-state index in [0.717, 1.165) is 18.6 Å². The maximum absolute atomic E-state index is 12.9. The van der Waals surface area contributed by atoms with Gasteiger partial charge in [0.05, 0.1) is 5.71 Å². The van der Waals surface area contributed by atoms with Crippen LogP contribution in [0, 0.1) is 17.8 Å². The van der Waals surface area contributed by atoms with Crippen LogP contribution in [-0.4, -0.2) is 35.1 Å². The van der Waals surface area contributed by atoms with Crippen molar-refractivity contribution in [3.63, 3.8) is 0 Å². The molecule has 0 radical (unpaired) electrons. The molecule has 0 bridgehead atoms. The van der Waals surface area contributed by atoms with Gasteiger partial charge in [0.25, 0.3) is 6.29 Å². The van der Waals surface area contributed by atoms with Crippen LogP contribution in [0.2, 0.25) is 5.02 Å². The summed E-state index contributed by atoms with van der Waals surface area (Å²) < 4.78 is 5.68. The van der Waals surface area contributed by atoms with Crippen LogP contribution in [0.1, 0.15) is 52.4 Å². The Kier molecular flexibility index (Phi) is 8.63. The lowest BCUT2D eigenvalue weighted by Crippen LogP contribution is -2.41. The molecule has 164 valence electrons. The zero-order chi connectivity index (χ0) is 21.5. The number of carbonyl (C=O) groups excluding carboxylic acids is 2. The second-order valence-corrected chi connectivity index (χ2v) is 9.67. The van der Waals surface area contributed by atoms with E-state index in [-0.39, 0.29) is 17.5 Å². The summed E-state index contributed by atoms with van der Waals surface area (Å²) in [4.78, 5) is 31.4. The van der Waals surface area contributed by atoms with Gasteiger partial charge in [-0.1, -0.05) is 30.1 Å². The molecule has 0 aromatic heterocycles. The molecule has 0 N–H and O–H groups in total. The average molecular weight is 452 g/mol. The van der Waals surface area contributed by atoms with E-state index in [1.807, 2.05) is 18.7 Å². The molecule has 1 aliphatic heterocycles. The molecule has 1 saturated heterocycles. The molecular weight excluding hydrogens is 422 g/mol. The Morgan fingerprint density at radius 1 is 1.20 bits per heavy atom. The summed E-state index contributed by atoms with van der Waals surface area (Å²) >= 11 is 7.82. The van der Waals surface area contributed by atoms with Crippen molar-refractivity contribution in [1.82, 2.24) is 0 Å². The number of hydrogen-bond donors (Lipinski definition) is 0. The van der Waals surface area contributed by atoms with Crippen molar-refractivity contribution >= 4 is 40.6 Å². The van der Waals surface area contributed by atoms with Gasteiger partial charge in [-0.15, -0.1) is 0 Å². The summed E-state index contributed by atoms with van der Waals surface area (Å²) in [5.41, 5.74) is 0.524. The summed E-state index contributed by atoms with van der Waals surface area (Å²) in [7, 11) is 0. The SMILES string of the molecule is CCCC(=NOC(C)Oc1ccc(Cl)cc1)C1C(=O)CC(C2CCCSC2)CC1=O. The van der Waals surface area contributed by atoms with Crippen molar-refractivity contribution in [3.05, 3.63) is 29.3 Å². The molecule has 2 fully saturated rings. The molecule has 5 nitrogen and oxygen atoms in total. The number of hydrogen-bond acceptors (Lipinski definition) is 6. The third-order valence-electron chi connectivity index (χ3n) is 5.71. The second-order valence-electron chi connectivity index (χ2n) is 8.09. The van der Waals surface area contributed by atoms with E-state index in [1.54, 1.807) is 31.2 Å². The first kappa shape index (κ1) is 23.1. The van der Waals surface area contributed by atoms with E-state index in [9.17, 15) is 9.59 Å². The summed E-state index contributed by atoms with van der Waals surface area (Å²) in [6, 6.07) is 6.96. The van der Waals surface area contributed by atoms with Crippen molar-refractivity contribution < 1.29 is 19.2 Å². The number of ketones is 2. The number of ether oxygens (including phenoxy) is 1. The average Bonchev–Trinajstić information content (AvgIpc) is 2.73. The zero-order valence-corrected chi connectivity index (χ0v) is 19.2. The lowest BCUT2D eigenvalue weighted by atomic mass is 9.72. The number of benzene rings is 1. The van der Waals surface area contributed by atoms with Gasteiger partial charge in [0.1, 0.15) is 23.2 Å². The summed E-state index contributed by atoms with van der Waals surface area (Å²) in [5.74, 6) is 2.75. The Balaban J connectivity index is 1.63. The highest BCUT2D eigenvalue weighted by Gasteiger charge is 2.41. The van der Waals surface area contributed by atoms with Crippen LogP contribution in [0.15, 0.2) is 29.4 Å². The number of Topliss-reactive ketones (excluding diaryl/α,β-unsaturated/α-hetero) is 2. The van der Waals surface area contributed by atoms with Crippen molar-refractivity contribution in [3.8, 4) is 5.75 Å². The van der Waals surface area contributed by atoms with Gasteiger partial charge < -0.3 is 9.57 Å². The number of nitrogens with zero attached hydrogens (tertiary/aromatic N) is 1. The minimum atomic E-state index is -0.764. The van der Waals surface area contributed by atoms with Gasteiger partial charge in [0.2, 0.25) is 0 Å². The lowest BCUT2D eigenvalue weighted by molar-refractivity contribution is -0.135. The maximum Gasteiger partial charge on any atom is 0.262 e. The fourth-order valence-corrected chi connectivity index (χ4v) is 5.62. The summed E-state index contributed by atoms with van der Waals surface area (Å²) in [5, 5.41) is 4.83. The smallest absolute Gasteiger partial charge is 0.262 e. The summed E-state index contributed by atoms with van der Waals surface area (Å²) in [6.45, 7) is 3.73. The van der Waals surface area contributed by atoms with Crippen LogP contribution >= 0.6 is 23.4 Å². The molecule has 0 amide bonds. The minimum absolute atomic E-state index is 0.00565. The van der Waals surface area contributed by atoms with Crippen LogP contribution in [0.4, 0.5) is 0 Å². The van der Waals surface area contributed by atoms with Crippen molar-refractivity contribution in [2.45, 2.75) is 58.7 Å². The van der Waals surface area contributed by atoms with Crippen molar-refractivity contribution in [2.24, 2.45) is 22.9 Å². The second kappa shape index (κ2) is 11.2. The molecule has 2 atom stereocenters. The first-order chi connectivity index (χ1) is 14.5. The Labute approximate surface area is 187 Å². The predicted molar refractivity (Wildman–Crippen MR) is 121 cm³/mol. The molecule has 2 aliphatic rings. The van der Waals surface area contributed by atoms with Gasteiger partial charge in [-0.2, -0.15) is 11.8 Å². The molecule has 1 aliphatic carbocycles. The number of oxime groups is 1. The predicted octanol–water partition coefficient (Wildman–Crippen LogP) is 5.55. The first-order valence-corrected chi connectivity index (χ1v) is 12.3. The van der Waals surface area contributed by atoms with Gasteiger partial charge in [0, 0.05) is 24.8 Å². The van der Waals surface area contributed by atoms with E-state index < -0.39 is 12.2 Å². The first-order valence-electron chi connectivity index (χ1n) is 10.8. The Morgan fingerprint density at radius 3 is 2.50 bits per heavy atom. The maximum atomic E-state index is 12.9. The molecule has 7 heteroatoms. The van der Waals surface area contributed by atoms with Crippen molar-refractivity contribution in [2.75, 3.05) is 11.5 Å². The van der Waals surface area contributed by atoms with Gasteiger partial charge in [-0.3, -0.25) is 9.59 Å². The zero-order valence-electron chi connectivity index (χ0n) is 17.6. The monoisotopic (exact) mass is 451 g/mol. The van der Waals surface area contributed by atoms with E-state index in [2.05, 4.69) is 5.16 Å². The number of halogens is 1. The molecule has 1 saturated carbocycles.